The van der Waals surface area contributed by atoms with Crippen molar-refractivity contribution in [2.24, 2.45) is 5.92 Å². The fraction of sp³-hybridized carbons (Fsp3) is 0.471. The topological polar surface area (TPSA) is 67.2 Å². The smallest absolute Gasteiger partial charge is 0.333 e. The van der Waals surface area contributed by atoms with Gasteiger partial charge in [-0.15, -0.1) is 0 Å². The normalized spacial score (nSPS) is 18.5. The van der Waals surface area contributed by atoms with E-state index in [1.807, 2.05) is 24.3 Å². The summed E-state index contributed by atoms with van der Waals surface area (Å²) in [5, 5.41) is 3.38. The van der Waals surface area contributed by atoms with Crippen LogP contribution >= 0.6 is 0 Å². The summed E-state index contributed by atoms with van der Waals surface area (Å²) in [7, 11) is -3.91. The number of nitrogens with one attached hydrogen (secondary N) is 1. The molecule has 6 nitrogen and oxygen atoms in total. The highest BCUT2D eigenvalue weighted by Gasteiger charge is 2.21. The van der Waals surface area contributed by atoms with E-state index in [4.69, 9.17) is 0 Å². The molecule has 1 aliphatic rings. The third-order valence-electron chi connectivity index (χ3n) is 4.53. The molecule has 26 heavy (non-hydrogen) atoms. The van der Waals surface area contributed by atoms with E-state index in [0.717, 1.165) is 43.2 Å². The number of hydrogen-bond donors (Lipinski definition) is 1. The molecule has 142 valence electrons. The van der Waals surface area contributed by atoms with Crippen molar-refractivity contribution in [3.05, 3.63) is 42.2 Å². The van der Waals surface area contributed by atoms with Crippen molar-refractivity contribution < 1.29 is 17.2 Å². The Labute approximate surface area is 151 Å². The van der Waals surface area contributed by atoms with Gasteiger partial charge in [0.15, 0.2) is 0 Å². The molecule has 0 amide bonds. The molecule has 2 heterocycles. The van der Waals surface area contributed by atoms with Crippen LogP contribution in [0.2, 0.25) is 0 Å². The molecule has 1 aliphatic heterocycles. The van der Waals surface area contributed by atoms with Gasteiger partial charge in [-0.25, -0.2) is 17.8 Å². The minimum absolute atomic E-state index is 0.0866. The number of aromatic nitrogens is 2. The first-order chi connectivity index (χ1) is 12.4. The number of anilines is 1. The predicted octanol–water partition coefficient (Wildman–Crippen LogP) is 2.99. The average molecular weight is 384 g/mol. The number of halogens is 2. The third kappa shape index (κ3) is 4.21. The first-order valence-electron chi connectivity index (χ1n) is 8.51. The van der Waals surface area contributed by atoms with Gasteiger partial charge < -0.3 is 4.90 Å². The van der Waals surface area contributed by atoms with Gasteiger partial charge in [0.1, 0.15) is 4.90 Å². The lowest BCUT2D eigenvalue weighted by Gasteiger charge is -2.34. The van der Waals surface area contributed by atoms with Crippen molar-refractivity contribution in [2.75, 3.05) is 18.0 Å². The molecule has 1 N–H and O–H groups in total. The zero-order valence-corrected chi connectivity index (χ0v) is 15.3. The number of piperidine rings is 1. The highest BCUT2D eigenvalue weighted by molar-refractivity contribution is 7.89. The number of alkyl halides is 2. The lowest BCUT2D eigenvalue weighted by molar-refractivity contribution is 0.0564. The van der Waals surface area contributed by atoms with E-state index >= 15 is 0 Å². The standard InChI is InChI=1S/C17H22F2N4O2S/c1-13-5-4-8-22(11-13)16-7-3-2-6-14(16)9-21-26(24,25)15-10-20-23(12-15)17(18)19/h2-3,6-7,10,12-13,17,21H,4-5,8-9,11H2,1H3/t13-/m0/s1. The second-order valence-electron chi connectivity index (χ2n) is 6.58. The number of hydrogen-bond acceptors (Lipinski definition) is 4. The largest absolute Gasteiger partial charge is 0.371 e. The van der Waals surface area contributed by atoms with Gasteiger partial charge in [-0.05, 0) is 30.4 Å². The number of rotatable bonds is 6. The van der Waals surface area contributed by atoms with E-state index in [0.29, 0.717) is 10.6 Å². The maximum atomic E-state index is 12.6. The Kier molecular flexibility index (Phi) is 5.57. The molecule has 1 atom stereocenters. The fourth-order valence-corrected chi connectivity index (χ4v) is 4.14. The first-order valence-corrected chi connectivity index (χ1v) is 10.00. The van der Waals surface area contributed by atoms with E-state index in [2.05, 4.69) is 21.6 Å². The number of benzene rings is 1. The summed E-state index contributed by atoms with van der Waals surface area (Å²) >= 11 is 0. The van der Waals surface area contributed by atoms with Crippen molar-refractivity contribution in [2.45, 2.75) is 37.8 Å². The Morgan fingerprint density at radius 2 is 2.12 bits per heavy atom. The lowest BCUT2D eigenvalue weighted by atomic mass is 9.99. The summed E-state index contributed by atoms with van der Waals surface area (Å²) in [6.07, 6.45) is 4.05. The van der Waals surface area contributed by atoms with Crippen LogP contribution in [0.1, 0.15) is 31.9 Å². The monoisotopic (exact) mass is 384 g/mol. The van der Waals surface area contributed by atoms with Crippen molar-refractivity contribution in [3.8, 4) is 0 Å². The molecule has 0 radical (unpaired) electrons. The van der Waals surface area contributed by atoms with Crippen molar-refractivity contribution >= 4 is 15.7 Å². The van der Waals surface area contributed by atoms with Crippen LogP contribution in [0.25, 0.3) is 0 Å². The zero-order chi connectivity index (χ0) is 18.7. The van der Waals surface area contributed by atoms with Crippen molar-refractivity contribution in [1.29, 1.82) is 0 Å². The van der Waals surface area contributed by atoms with Gasteiger partial charge in [-0.1, -0.05) is 25.1 Å². The van der Waals surface area contributed by atoms with E-state index in [1.54, 1.807) is 0 Å². The van der Waals surface area contributed by atoms with Gasteiger partial charge in [0.2, 0.25) is 10.0 Å². The minimum Gasteiger partial charge on any atom is -0.371 e. The summed E-state index contributed by atoms with van der Waals surface area (Å²) in [5.74, 6) is 0.591. The third-order valence-corrected chi connectivity index (χ3v) is 5.89. The molecule has 0 aliphatic carbocycles. The van der Waals surface area contributed by atoms with Gasteiger partial charge >= 0.3 is 6.55 Å². The van der Waals surface area contributed by atoms with E-state index in [-0.39, 0.29) is 11.4 Å². The zero-order valence-electron chi connectivity index (χ0n) is 14.5. The Hall–Kier alpha value is -2.00. The van der Waals surface area contributed by atoms with Gasteiger partial charge in [-0.2, -0.15) is 13.9 Å². The molecular formula is C17H22F2N4O2S. The first kappa shape index (κ1) is 18.8. The van der Waals surface area contributed by atoms with Gasteiger partial charge in [-0.3, -0.25) is 0 Å². The summed E-state index contributed by atoms with van der Waals surface area (Å²) in [6, 6.07) is 7.64. The molecule has 1 aromatic carbocycles. The van der Waals surface area contributed by atoms with E-state index in [1.165, 1.54) is 6.42 Å². The SMILES string of the molecule is C[C@H]1CCCN(c2ccccc2CNS(=O)(=O)c2cnn(C(F)F)c2)C1. The second-order valence-corrected chi connectivity index (χ2v) is 8.35. The second kappa shape index (κ2) is 7.71. The summed E-state index contributed by atoms with van der Waals surface area (Å²) in [5.41, 5.74) is 1.86. The number of sulfonamides is 1. The van der Waals surface area contributed by atoms with E-state index < -0.39 is 16.6 Å². The highest BCUT2D eigenvalue weighted by atomic mass is 32.2. The maximum Gasteiger partial charge on any atom is 0.333 e. The highest BCUT2D eigenvalue weighted by Crippen LogP contribution is 2.26. The maximum absolute atomic E-state index is 12.6. The van der Waals surface area contributed by atoms with Crippen LogP contribution in [-0.4, -0.2) is 31.3 Å². The van der Waals surface area contributed by atoms with Crippen LogP contribution in [0.5, 0.6) is 0 Å². The Morgan fingerprint density at radius 3 is 2.81 bits per heavy atom. The minimum atomic E-state index is -3.91. The molecule has 1 aromatic heterocycles. The quantitative estimate of drug-likeness (QED) is 0.831. The van der Waals surface area contributed by atoms with Crippen LogP contribution in [0.4, 0.5) is 14.5 Å². The molecule has 9 heteroatoms. The Morgan fingerprint density at radius 1 is 1.35 bits per heavy atom. The molecular weight excluding hydrogens is 362 g/mol. The van der Waals surface area contributed by atoms with Crippen LogP contribution in [0.15, 0.2) is 41.6 Å². The summed E-state index contributed by atoms with van der Waals surface area (Å²) in [4.78, 5) is 1.99. The Bertz CT molecular complexity index is 854. The average Bonchev–Trinajstić information content (AvgIpc) is 3.12. The van der Waals surface area contributed by atoms with Crippen molar-refractivity contribution in [1.82, 2.24) is 14.5 Å². The van der Waals surface area contributed by atoms with Gasteiger partial charge in [0, 0.05) is 25.3 Å². The molecule has 0 unspecified atom stereocenters. The Balaban J connectivity index is 1.75. The molecule has 3 rings (SSSR count). The molecule has 0 bridgehead atoms. The molecule has 1 saturated heterocycles. The van der Waals surface area contributed by atoms with Crippen LogP contribution in [0.3, 0.4) is 0 Å². The summed E-state index contributed by atoms with van der Waals surface area (Å²) < 4.78 is 52.7. The molecule has 0 saturated carbocycles. The fourth-order valence-electron chi connectivity index (χ4n) is 3.20. The van der Waals surface area contributed by atoms with Crippen LogP contribution in [0, 0.1) is 5.92 Å². The lowest BCUT2D eigenvalue weighted by Crippen LogP contribution is -2.35. The molecule has 0 spiro atoms. The van der Waals surface area contributed by atoms with E-state index in [9.17, 15) is 17.2 Å². The van der Waals surface area contributed by atoms with Gasteiger partial charge in [0.05, 0.1) is 12.4 Å². The number of para-hydroxylation sites is 1. The predicted molar refractivity (Wildman–Crippen MR) is 94.6 cm³/mol. The molecule has 1 fully saturated rings. The summed E-state index contributed by atoms with van der Waals surface area (Å²) in [6.45, 7) is 1.29. The number of nitrogens with zero attached hydrogens (tertiary/aromatic N) is 3. The van der Waals surface area contributed by atoms with Gasteiger partial charge in [0.25, 0.3) is 0 Å². The van der Waals surface area contributed by atoms with Crippen LogP contribution in [-0.2, 0) is 16.6 Å². The molecule has 2 aromatic rings. The van der Waals surface area contributed by atoms with Crippen LogP contribution < -0.4 is 9.62 Å². The van der Waals surface area contributed by atoms with Crippen molar-refractivity contribution in [3.63, 3.8) is 0 Å².